The van der Waals surface area contributed by atoms with Gasteiger partial charge in [-0.2, -0.15) is 9.61 Å². The van der Waals surface area contributed by atoms with Gasteiger partial charge in [-0.15, -0.1) is 0 Å². The van der Waals surface area contributed by atoms with E-state index in [0.717, 1.165) is 5.56 Å². The van der Waals surface area contributed by atoms with E-state index in [-0.39, 0.29) is 30.1 Å². The highest BCUT2D eigenvalue weighted by Crippen LogP contribution is 2.25. The second-order valence-electron chi connectivity index (χ2n) is 7.21. The average Bonchev–Trinajstić information content (AvgIpc) is 3.33. The molecule has 0 radical (unpaired) electrons. The van der Waals surface area contributed by atoms with Gasteiger partial charge < -0.3 is 14.8 Å². The molecular formula is C21H22F2N4O3. The van der Waals surface area contributed by atoms with E-state index in [2.05, 4.69) is 15.7 Å². The van der Waals surface area contributed by atoms with Gasteiger partial charge >= 0.3 is 0 Å². The number of amides is 1. The number of hydrogen-bond acceptors (Lipinski definition) is 5. The summed E-state index contributed by atoms with van der Waals surface area (Å²) in [6.45, 7) is 4.80. The number of pyridine rings is 1. The van der Waals surface area contributed by atoms with E-state index >= 15 is 0 Å². The van der Waals surface area contributed by atoms with Crippen LogP contribution in [0.5, 0.6) is 5.88 Å². The zero-order valence-corrected chi connectivity index (χ0v) is 16.7. The first-order valence-electron chi connectivity index (χ1n) is 9.60. The number of hydrogen-bond donors (Lipinski definition) is 2. The predicted molar refractivity (Wildman–Crippen MR) is 105 cm³/mol. The number of rotatable bonds is 6. The van der Waals surface area contributed by atoms with Gasteiger partial charge in [0.2, 0.25) is 5.88 Å². The Labute approximate surface area is 172 Å². The fourth-order valence-corrected chi connectivity index (χ4v) is 3.44. The van der Waals surface area contributed by atoms with Crippen LogP contribution in [0.2, 0.25) is 0 Å². The van der Waals surface area contributed by atoms with Gasteiger partial charge in [-0.1, -0.05) is 6.07 Å². The first-order valence-corrected chi connectivity index (χ1v) is 9.60. The Balaban J connectivity index is 1.60. The third-order valence-electron chi connectivity index (χ3n) is 4.96. The summed E-state index contributed by atoms with van der Waals surface area (Å²) in [6, 6.07) is 7.18. The standard InChI is InChI=1S/C21H22F2N4O3/c1-12-6-18-20(21(28)25-9-14-8-24-11-30-14)13(2)26-27(18)19(7-12)29-10-15-16(22)4-3-5-17(15)23/h3-7,14,24H,8-11H2,1-2H3,(H,25,28). The van der Waals surface area contributed by atoms with Crippen molar-refractivity contribution in [3.8, 4) is 5.88 Å². The van der Waals surface area contributed by atoms with Crippen molar-refractivity contribution in [3.63, 3.8) is 0 Å². The second kappa shape index (κ2) is 8.37. The number of halogens is 2. The SMILES string of the molecule is Cc1cc(OCc2c(F)cccc2F)n2nc(C)c(C(=O)NCC3CNCO3)c2c1. The van der Waals surface area contributed by atoms with E-state index in [4.69, 9.17) is 9.47 Å². The number of aryl methyl sites for hydroxylation is 2. The number of aromatic nitrogens is 2. The highest BCUT2D eigenvalue weighted by atomic mass is 19.1. The molecule has 1 aromatic carbocycles. The molecule has 2 aromatic heterocycles. The molecule has 0 spiro atoms. The number of benzene rings is 1. The molecule has 1 aliphatic heterocycles. The monoisotopic (exact) mass is 416 g/mol. The minimum Gasteiger partial charge on any atom is -0.473 e. The molecule has 1 amide bonds. The summed E-state index contributed by atoms with van der Waals surface area (Å²) >= 11 is 0. The quantitative estimate of drug-likeness (QED) is 0.646. The minimum absolute atomic E-state index is 0.0765. The van der Waals surface area contributed by atoms with Gasteiger partial charge in [0.1, 0.15) is 18.2 Å². The van der Waals surface area contributed by atoms with Crippen molar-refractivity contribution in [2.45, 2.75) is 26.6 Å². The lowest BCUT2D eigenvalue weighted by atomic mass is 10.1. The Morgan fingerprint density at radius 1 is 1.33 bits per heavy atom. The number of carbonyl (C=O) groups is 1. The molecule has 0 saturated carbocycles. The zero-order chi connectivity index (χ0) is 21.3. The lowest BCUT2D eigenvalue weighted by molar-refractivity contribution is 0.0867. The van der Waals surface area contributed by atoms with E-state index in [9.17, 15) is 13.6 Å². The highest BCUT2D eigenvalue weighted by Gasteiger charge is 2.22. The van der Waals surface area contributed by atoms with Gasteiger partial charge in [0.15, 0.2) is 0 Å². The minimum atomic E-state index is -0.681. The first kappa shape index (κ1) is 20.2. The zero-order valence-electron chi connectivity index (χ0n) is 16.7. The van der Waals surface area contributed by atoms with Gasteiger partial charge in [0, 0.05) is 19.2 Å². The smallest absolute Gasteiger partial charge is 0.255 e. The van der Waals surface area contributed by atoms with Gasteiger partial charge in [-0.25, -0.2) is 8.78 Å². The van der Waals surface area contributed by atoms with Gasteiger partial charge in [-0.3, -0.25) is 10.1 Å². The topological polar surface area (TPSA) is 76.9 Å². The van der Waals surface area contributed by atoms with Crippen LogP contribution in [-0.2, 0) is 11.3 Å². The largest absolute Gasteiger partial charge is 0.473 e. The summed E-state index contributed by atoms with van der Waals surface area (Å²) in [6.07, 6.45) is -0.0765. The number of nitrogens with one attached hydrogen (secondary N) is 2. The number of fused-ring (bicyclic) bond motifs is 1. The summed E-state index contributed by atoms with van der Waals surface area (Å²) in [7, 11) is 0. The molecule has 1 aliphatic rings. The molecular weight excluding hydrogens is 394 g/mol. The lowest BCUT2D eigenvalue weighted by Gasteiger charge is -2.12. The van der Waals surface area contributed by atoms with Crippen LogP contribution in [0.3, 0.4) is 0 Å². The fourth-order valence-electron chi connectivity index (χ4n) is 3.44. The molecule has 1 unspecified atom stereocenters. The van der Waals surface area contributed by atoms with Gasteiger partial charge in [0.05, 0.1) is 35.2 Å². The van der Waals surface area contributed by atoms with Crippen LogP contribution < -0.4 is 15.4 Å². The molecule has 7 nitrogen and oxygen atoms in total. The molecule has 158 valence electrons. The van der Waals surface area contributed by atoms with Crippen molar-refractivity contribution in [2.75, 3.05) is 19.8 Å². The molecule has 0 bridgehead atoms. The van der Waals surface area contributed by atoms with Crippen molar-refractivity contribution in [3.05, 3.63) is 64.4 Å². The van der Waals surface area contributed by atoms with E-state index in [1.165, 1.54) is 22.7 Å². The van der Waals surface area contributed by atoms with Crippen molar-refractivity contribution >= 4 is 11.4 Å². The Hall–Kier alpha value is -3.04. The normalized spacial score (nSPS) is 16.2. The molecule has 9 heteroatoms. The van der Waals surface area contributed by atoms with Crippen molar-refractivity contribution in [2.24, 2.45) is 0 Å². The van der Waals surface area contributed by atoms with E-state index in [1.54, 1.807) is 13.0 Å². The molecule has 2 N–H and O–H groups in total. The van der Waals surface area contributed by atoms with E-state index in [0.29, 0.717) is 36.6 Å². The van der Waals surface area contributed by atoms with Crippen molar-refractivity contribution in [1.82, 2.24) is 20.2 Å². The fraction of sp³-hybridized carbons (Fsp3) is 0.333. The summed E-state index contributed by atoms with van der Waals surface area (Å²) < 4.78 is 40.5. The van der Waals surface area contributed by atoms with Crippen LogP contribution in [-0.4, -0.2) is 41.4 Å². The Morgan fingerprint density at radius 2 is 2.10 bits per heavy atom. The van der Waals surface area contributed by atoms with Gasteiger partial charge in [-0.05, 0) is 37.6 Å². The number of carbonyl (C=O) groups excluding carboxylic acids is 1. The predicted octanol–water partition coefficient (Wildman–Crippen LogP) is 2.48. The van der Waals surface area contributed by atoms with Crippen LogP contribution in [0.25, 0.3) is 5.52 Å². The third kappa shape index (κ3) is 3.99. The van der Waals surface area contributed by atoms with Crippen LogP contribution in [0.1, 0.15) is 27.2 Å². The third-order valence-corrected chi connectivity index (χ3v) is 4.96. The van der Waals surface area contributed by atoms with E-state index in [1.807, 2.05) is 13.0 Å². The van der Waals surface area contributed by atoms with Crippen molar-refractivity contribution < 1.29 is 23.0 Å². The summed E-state index contributed by atoms with van der Waals surface area (Å²) in [5.41, 5.74) is 2.15. The lowest BCUT2D eigenvalue weighted by Crippen LogP contribution is -2.34. The molecule has 30 heavy (non-hydrogen) atoms. The molecule has 3 heterocycles. The maximum absolute atomic E-state index is 13.9. The number of ether oxygens (including phenoxy) is 2. The van der Waals surface area contributed by atoms with Crippen LogP contribution in [0, 0.1) is 25.5 Å². The van der Waals surface area contributed by atoms with Gasteiger partial charge in [0.25, 0.3) is 5.91 Å². The maximum atomic E-state index is 13.9. The Kier molecular flexibility index (Phi) is 5.65. The summed E-state index contributed by atoms with van der Waals surface area (Å²) in [5.74, 6) is -1.34. The summed E-state index contributed by atoms with van der Waals surface area (Å²) in [4.78, 5) is 12.8. The van der Waals surface area contributed by atoms with Crippen LogP contribution in [0.4, 0.5) is 8.78 Å². The molecule has 1 atom stereocenters. The second-order valence-corrected chi connectivity index (χ2v) is 7.21. The molecule has 0 aliphatic carbocycles. The Bertz CT molecular complexity index is 1070. The number of nitrogens with zero attached hydrogens (tertiary/aromatic N) is 2. The van der Waals surface area contributed by atoms with Crippen molar-refractivity contribution in [1.29, 1.82) is 0 Å². The Morgan fingerprint density at radius 3 is 2.80 bits per heavy atom. The first-order chi connectivity index (χ1) is 14.4. The maximum Gasteiger partial charge on any atom is 0.255 e. The van der Waals surface area contributed by atoms with Crippen LogP contribution >= 0.6 is 0 Å². The summed E-state index contributed by atoms with van der Waals surface area (Å²) in [5, 5.41) is 10.3. The molecule has 1 saturated heterocycles. The average molecular weight is 416 g/mol. The molecule has 3 aromatic rings. The molecule has 1 fully saturated rings. The molecule has 4 rings (SSSR count). The van der Waals surface area contributed by atoms with E-state index < -0.39 is 11.6 Å². The van der Waals surface area contributed by atoms with Crippen LogP contribution in [0.15, 0.2) is 30.3 Å². The highest BCUT2D eigenvalue weighted by molar-refractivity contribution is 6.02.